The number of para-hydroxylation sites is 1. The SMILES string of the molecule is CC(C)NC(C)C(=O)N[P@@](C)(=O)Oc1ccccc1.CC(C)OC(=O)[C@H](C)N[P@@](C)(=O)OC[C@H]1O[C@@H](n2ccc(=O)[nH]c2=O)[C@](C)(F)[C@@H]1C.C[C@@H]1[C@@H](CO)O[C@@H](n2ccc(=O)[nH]c2=O)[C@]1(C)F. The number of hydrogen-bond donors (Lipinski definition) is 6. The number of carbonyl (C=O) groups is 2. The molecule has 1 amide bonds. The molecule has 2 saturated heterocycles. The van der Waals surface area contributed by atoms with E-state index in [0.29, 0.717) is 5.75 Å². The number of rotatable bonds is 16. The second kappa shape index (κ2) is 23.6. The summed E-state index contributed by atoms with van der Waals surface area (Å²) in [6, 6.07) is 9.87. The van der Waals surface area contributed by atoms with E-state index in [2.05, 4.69) is 20.5 Å². The second-order valence-electron chi connectivity index (χ2n) is 17.4. The molecule has 21 nitrogen and oxygen atoms in total. The van der Waals surface area contributed by atoms with Gasteiger partial charge in [-0.1, -0.05) is 45.9 Å². The molecule has 12 atom stereocenters. The van der Waals surface area contributed by atoms with Gasteiger partial charge in [-0.05, 0) is 53.7 Å². The van der Waals surface area contributed by atoms with E-state index in [1.54, 1.807) is 58.9 Å². The number of ether oxygens (including phenoxy) is 3. The summed E-state index contributed by atoms with van der Waals surface area (Å²) in [6.07, 6.45) is -1.92. The van der Waals surface area contributed by atoms with Crippen molar-refractivity contribution in [3.05, 3.63) is 96.5 Å². The minimum absolute atomic E-state index is 0.173. The van der Waals surface area contributed by atoms with Crippen LogP contribution in [-0.4, -0.2) is 110 Å². The van der Waals surface area contributed by atoms with E-state index < -0.39 is 103 Å². The molecule has 3 aromatic rings. The molecule has 0 radical (unpaired) electrons. The van der Waals surface area contributed by atoms with Crippen LogP contribution >= 0.6 is 15.0 Å². The molecule has 1 unspecified atom stereocenters. The van der Waals surface area contributed by atoms with Gasteiger partial charge in [0.2, 0.25) is 5.91 Å². The van der Waals surface area contributed by atoms with Crippen LogP contribution in [0.25, 0.3) is 0 Å². The number of H-pyrrole nitrogens is 2. The summed E-state index contributed by atoms with van der Waals surface area (Å²) in [5.41, 5.74) is -6.47. The molecule has 4 heterocycles. The Morgan fingerprint density at radius 2 is 1.27 bits per heavy atom. The minimum atomic E-state index is -3.44. The molecule has 67 heavy (non-hydrogen) atoms. The van der Waals surface area contributed by atoms with Gasteiger partial charge in [0.15, 0.2) is 23.8 Å². The van der Waals surface area contributed by atoms with Gasteiger partial charge in [0, 0.05) is 55.7 Å². The number of amides is 1. The summed E-state index contributed by atoms with van der Waals surface area (Å²) >= 11 is 0. The first-order valence-electron chi connectivity index (χ1n) is 21.5. The van der Waals surface area contributed by atoms with Crippen LogP contribution in [0.15, 0.2) is 74.0 Å². The summed E-state index contributed by atoms with van der Waals surface area (Å²) in [6.45, 7) is 18.4. The van der Waals surface area contributed by atoms with Gasteiger partial charge < -0.3 is 33.7 Å². The summed E-state index contributed by atoms with van der Waals surface area (Å²) in [7, 11) is -6.65. The van der Waals surface area contributed by atoms with Crippen LogP contribution < -0.4 is 42.5 Å². The highest BCUT2D eigenvalue weighted by Gasteiger charge is 2.54. The van der Waals surface area contributed by atoms with E-state index in [4.69, 9.17) is 28.4 Å². The fourth-order valence-corrected chi connectivity index (χ4v) is 9.34. The number of aliphatic hydroxyl groups is 1. The monoisotopic (exact) mass is 991 g/mol. The Bertz CT molecular complexity index is 2460. The second-order valence-corrected chi connectivity index (χ2v) is 21.7. The molecule has 2 fully saturated rings. The fraction of sp³-hybridized carbons (Fsp3) is 0.619. The van der Waals surface area contributed by atoms with Crippen LogP contribution in [-0.2, 0) is 37.5 Å². The number of hydrogen-bond acceptors (Lipinski definition) is 15. The molecule has 1 aromatic carbocycles. The number of benzene rings is 1. The quantitative estimate of drug-likeness (QED) is 0.0881. The Labute approximate surface area is 386 Å². The van der Waals surface area contributed by atoms with Gasteiger partial charge in [-0.25, -0.2) is 23.5 Å². The number of nitrogens with one attached hydrogen (secondary N) is 5. The molecule has 2 aliphatic heterocycles. The van der Waals surface area contributed by atoms with E-state index in [-0.39, 0.29) is 31.3 Å². The number of aliphatic hydroxyl groups excluding tert-OH is 1. The number of halogens is 2. The largest absolute Gasteiger partial charge is 0.462 e. The summed E-state index contributed by atoms with van der Waals surface area (Å²) in [4.78, 5) is 73.7. The zero-order valence-corrected chi connectivity index (χ0v) is 41.5. The van der Waals surface area contributed by atoms with E-state index in [1.807, 2.05) is 24.9 Å². The highest BCUT2D eigenvalue weighted by atomic mass is 31.2. The van der Waals surface area contributed by atoms with Gasteiger partial charge in [-0.15, -0.1) is 0 Å². The molecular formula is C42H65F2N7O14P2. The first-order valence-corrected chi connectivity index (χ1v) is 25.6. The van der Waals surface area contributed by atoms with E-state index >= 15 is 4.39 Å². The summed E-state index contributed by atoms with van der Waals surface area (Å²) < 4.78 is 83.7. The molecule has 0 saturated carbocycles. The predicted molar refractivity (Wildman–Crippen MR) is 245 cm³/mol. The average molecular weight is 992 g/mol. The standard InChI is InChI=1S/C18H29FN3O7P.C13H21N2O3P.C11H15FN2O4/c1-10(2)28-15(24)12(4)21-30(6,26)27-9-13-11(3)18(5,19)16(29-13)22-8-7-14(23)20-17(22)25;1-10(2)14-11(3)13(16)15-19(4,17)18-12-8-6-5-7-9-12;1-6-7(5-15)18-9(11(6,2)12)14-4-3-8(16)13-10(14)17/h7-8,10-13,16H,9H2,1-6H3,(H,21,26)(H,20,23,25);5-11,14H,1-4H3,(H,15,16,17);3-4,6-7,9,15H,5H2,1-2H3,(H,13,16,17)/t11-,12+,13-,16-,18-,30+;11?,19-;6-,7-,9-,11-/m101/s1. The normalized spacial score (nSPS) is 27.3. The van der Waals surface area contributed by atoms with Gasteiger partial charge in [-0.2, -0.15) is 0 Å². The highest BCUT2D eigenvalue weighted by Crippen LogP contribution is 2.47. The Balaban J connectivity index is 0.000000280. The predicted octanol–water partition coefficient (Wildman–Crippen LogP) is 3.75. The number of alkyl halides is 2. The van der Waals surface area contributed by atoms with E-state index in [9.17, 15) is 42.3 Å². The van der Waals surface area contributed by atoms with Crippen molar-refractivity contribution in [1.29, 1.82) is 0 Å². The van der Waals surface area contributed by atoms with E-state index in [0.717, 1.165) is 27.5 Å². The van der Waals surface area contributed by atoms with Crippen molar-refractivity contribution >= 4 is 26.9 Å². The molecule has 0 aliphatic carbocycles. The smallest absolute Gasteiger partial charge is 0.340 e. The molecule has 2 aromatic heterocycles. The number of esters is 1. The molecule has 2 aliphatic rings. The zero-order valence-electron chi connectivity index (χ0n) is 39.7. The lowest BCUT2D eigenvalue weighted by Crippen LogP contribution is -2.44. The lowest BCUT2D eigenvalue weighted by molar-refractivity contribution is -0.149. The maximum atomic E-state index is 15.4. The third kappa shape index (κ3) is 16.0. The van der Waals surface area contributed by atoms with Crippen molar-refractivity contribution in [1.82, 2.24) is 34.6 Å². The summed E-state index contributed by atoms with van der Waals surface area (Å²) in [5, 5.41) is 17.2. The lowest BCUT2D eigenvalue weighted by atomic mass is 9.90. The molecule has 25 heteroatoms. The van der Waals surface area contributed by atoms with Crippen molar-refractivity contribution in [2.45, 2.75) is 129 Å². The third-order valence-electron chi connectivity index (χ3n) is 10.8. The zero-order chi connectivity index (χ0) is 50.8. The number of aromatic amines is 2. The Morgan fingerprint density at radius 3 is 1.70 bits per heavy atom. The average Bonchev–Trinajstić information content (AvgIpc) is 3.58. The van der Waals surface area contributed by atoms with Gasteiger partial charge in [0.1, 0.15) is 11.8 Å². The van der Waals surface area contributed by atoms with Gasteiger partial charge in [0.05, 0.1) is 37.6 Å². The van der Waals surface area contributed by atoms with Crippen LogP contribution in [0.2, 0.25) is 0 Å². The first-order chi connectivity index (χ1) is 30.9. The maximum Gasteiger partial charge on any atom is 0.340 e. The molecule has 5 rings (SSSR count). The van der Waals surface area contributed by atoms with Crippen molar-refractivity contribution in [3.8, 4) is 5.75 Å². The van der Waals surface area contributed by atoms with Gasteiger partial charge in [-0.3, -0.25) is 52.5 Å². The van der Waals surface area contributed by atoms with Crippen molar-refractivity contribution in [2.75, 3.05) is 26.5 Å². The number of aromatic nitrogens is 4. The number of nitrogens with zero attached hydrogens (tertiary/aromatic N) is 2. The molecule has 6 N–H and O–H groups in total. The Hall–Kier alpha value is -4.60. The van der Waals surface area contributed by atoms with Crippen LogP contribution in [0.1, 0.15) is 81.7 Å². The number of carbonyl (C=O) groups excluding carboxylic acids is 2. The van der Waals surface area contributed by atoms with E-state index in [1.165, 1.54) is 40.3 Å². The minimum Gasteiger partial charge on any atom is -0.462 e. The van der Waals surface area contributed by atoms with Crippen LogP contribution in [0, 0.1) is 11.8 Å². The maximum absolute atomic E-state index is 15.4. The fourth-order valence-electron chi connectivity index (χ4n) is 6.86. The topological polar surface area (TPSA) is 280 Å². The van der Waals surface area contributed by atoms with Gasteiger partial charge in [0.25, 0.3) is 18.6 Å². The molecule has 0 bridgehead atoms. The van der Waals surface area contributed by atoms with Gasteiger partial charge >= 0.3 is 24.9 Å². The summed E-state index contributed by atoms with van der Waals surface area (Å²) in [5.74, 6) is -1.72. The molecule has 376 valence electrons. The first kappa shape index (κ1) is 56.7. The van der Waals surface area contributed by atoms with Crippen LogP contribution in [0.5, 0.6) is 5.75 Å². The van der Waals surface area contributed by atoms with Crippen molar-refractivity contribution < 1.29 is 55.9 Å². The van der Waals surface area contributed by atoms with Crippen molar-refractivity contribution in [3.63, 3.8) is 0 Å². The van der Waals surface area contributed by atoms with Crippen LogP contribution in [0.3, 0.4) is 0 Å². The lowest BCUT2D eigenvalue weighted by Gasteiger charge is -2.25. The Kier molecular flexibility index (Phi) is 20.0. The molecule has 0 spiro atoms. The van der Waals surface area contributed by atoms with Crippen molar-refractivity contribution in [2.24, 2.45) is 11.8 Å². The Morgan fingerprint density at radius 1 is 0.791 bits per heavy atom. The van der Waals surface area contributed by atoms with Crippen LogP contribution in [0.4, 0.5) is 8.78 Å². The molecular weight excluding hydrogens is 926 g/mol. The highest BCUT2D eigenvalue weighted by molar-refractivity contribution is 7.57. The third-order valence-corrected chi connectivity index (χ3v) is 13.5.